The zero-order chi connectivity index (χ0) is 40.3. The van der Waals surface area contributed by atoms with E-state index in [-0.39, 0.29) is 30.9 Å². The smallest absolute Gasteiger partial charge is 0.407 e. The zero-order valence-corrected chi connectivity index (χ0v) is 33.5. The molecule has 1 aliphatic heterocycles. The van der Waals surface area contributed by atoms with Crippen molar-refractivity contribution in [1.29, 1.82) is 0 Å². The van der Waals surface area contributed by atoms with Crippen molar-refractivity contribution in [3.63, 3.8) is 0 Å². The quantitative estimate of drug-likeness (QED) is 0.144. The summed E-state index contributed by atoms with van der Waals surface area (Å²) in [6.45, 7) is 14.7. The van der Waals surface area contributed by atoms with Crippen LogP contribution in [0.15, 0.2) is 72.8 Å². The average molecular weight is 758 g/mol. The summed E-state index contributed by atoms with van der Waals surface area (Å²) in [5.41, 5.74) is 6.75. The van der Waals surface area contributed by atoms with Crippen LogP contribution in [0.4, 0.5) is 9.59 Å². The van der Waals surface area contributed by atoms with Crippen LogP contribution in [0.1, 0.15) is 69.1 Å². The molecule has 1 aliphatic rings. The summed E-state index contributed by atoms with van der Waals surface area (Å²) in [5.74, 6) is -1.03. The number of aliphatic hydroxyl groups excluding tert-OH is 1. The van der Waals surface area contributed by atoms with Crippen LogP contribution < -0.4 is 16.1 Å². The number of hydrogen-bond acceptors (Lipinski definition) is 8. The number of hydrogen-bond donors (Lipinski definition) is 4. The monoisotopic (exact) mass is 757 g/mol. The van der Waals surface area contributed by atoms with Crippen molar-refractivity contribution < 1.29 is 29.0 Å². The number of nitrogens with zero attached hydrogens (tertiary/aromatic N) is 4. The number of ether oxygens (including phenoxy) is 1. The molecule has 55 heavy (non-hydrogen) atoms. The van der Waals surface area contributed by atoms with Gasteiger partial charge in [0.15, 0.2) is 0 Å². The predicted molar refractivity (Wildman–Crippen MR) is 211 cm³/mol. The number of aryl methyl sites for hydroxylation is 2. The Kier molecular flexibility index (Phi) is 15.2. The molecule has 5 unspecified atom stereocenters. The lowest BCUT2D eigenvalue weighted by atomic mass is 9.86. The fourth-order valence-electron chi connectivity index (χ4n) is 6.73. The maximum absolute atomic E-state index is 14.4. The van der Waals surface area contributed by atoms with Crippen LogP contribution >= 0.6 is 0 Å². The van der Waals surface area contributed by atoms with Gasteiger partial charge in [0, 0.05) is 31.9 Å². The first-order valence-corrected chi connectivity index (χ1v) is 19.1. The molecule has 0 aliphatic carbocycles. The maximum atomic E-state index is 14.4. The van der Waals surface area contributed by atoms with E-state index in [2.05, 4.69) is 21.0 Å². The molecule has 1 aromatic heterocycles. The lowest BCUT2D eigenvalue weighted by molar-refractivity contribution is -0.132. The number of aliphatic hydroxyl groups is 1. The van der Waals surface area contributed by atoms with Gasteiger partial charge in [-0.15, -0.1) is 0 Å². The van der Waals surface area contributed by atoms with Gasteiger partial charge in [-0.05, 0) is 54.9 Å². The number of methoxy groups -OCH3 is 1. The van der Waals surface area contributed by atoms with Gasteiger partial charge < -0.3 is 30.3 Å². The van der Waals surface area contributed by atoms with Crippen LogP contribution in [0, 0.1) is 25.2 Å². The molecule has 2 heterocycles. The van der Waals surface area contributed by atoms with E-state index in [0.29, 0.717) is 32.5 Å². The molecule has 0 radical (unpaired) electrons. The SMILES string of the molecule is CCC(C)C(C(=O)NC(Cc1ccccc1)C(O)CN(Cc1ccc(C)cc1)NC(=O)C(NC(=O)OC)C(C)(C)C)N1CCN(Cc2cccc(C)n2)C1=O. The van der Waals surface area contributed by atoms with Crippen LogP contribution in [0.3, 0.4) is 0 Å². The third-order valence-corrected chi connectivity index (χ3v) is 10.0. The van der Waals surface area contributed by atoms with E-state index in [1.807, 2.05) is 121 Å². The molecule has 4 rings (SSSR count). The zero-order valence-electron chi connectivity index (χ0n) is 33.5. The summed E-state index contributed by atoms with van der Waals surface area (Å²) in [7, 11) is 1.23. The summed E-state index contributed by atoms with van der Waals surface area (Å²) in [6.07, 6.45) is -0.973. The fraction of sp³-hybridized carbons (Fsp3) is 0.500. The lowest BCUT2D eigenvalue weighted by Crippen LogP contribution is -2.60. The van der Waals surface area contributed by atoms with Gasteiger partial charge in [-0.1, -0.05) is 107 Å². The van der Waals surface area contributed by atoms with Crippen molar-refractivity contribution in [3.8, 4) is 0 Å². The van der Waals surface area contributed by atoms with E-state index < -0.39 is 41.6 Å². The lowest BCUT2D eigenvalue weighted by Gasteiger charge is -2.36. The Balaban J connectivity index is 1.60. The molecule has 3 aromatic rings. The van der Waals surface area contributed by atoms with Crippen LogP contribution in [0.5, 0.6) is 0 Å². The summed E-state index contributed by atoms with van der Waals surface area (Å²) in [4.78, 5) is 62.2. The highest BCUT2D eigenvalue weighted by atomic mass is 16.5. The Hall–Kier alpha value is -5.01. The number of alkyl carbamates (subject to hydrolysis) is 1. The second-order valence-electron chi connectivity index (χ2n) is 15.6. The highest BCUT2D eigenvalue weighted by Gasteiger charge is 2.41. The Morgan fingerprint density at radius 3 is 2.24 bits per heavy atom. The molecule has 5 amide bonds. The second-order valence-corrected chi connectivity index (χ2v) is 15.6. The van der Waals surface area contributed by atoms with Gasteiger partial charge >= 0.3 is 12.1 Å². The van der Waals surface area contributed by atoms with Crippen molar-refractivity contribution in [3.05, 3.63) is 101 Å². The minimum absolute atomic E-state index is 0.0691. The molecule has 0 bridgehead atoms. The van der Waals surface area contributed by atoms with E-state index in [0.717, 1.165) is 28.1 Å². The van der Waals surface area contributed by atoms with Gasteiger partial charge in [-0.2, -0.15) is 0 Å². The fourth-order valence-corrected chi connectivity index (χ4v) is 6.73. The Morgan fingerprint density at radius 2 is 1.62 bits per heavy atom. The minimum atomic E-state index is -1.17. The Morgan fingerprint density at radius 1 is 0.927 bits per heavy atom. The number of carbonyl (C=O) groups is 4. The first kappa shape index (κ1) is 42.7. The topological polar surface area (TPSA) is 156 Å². The van der Waals surface area contributed by atoms with Crippen LogP contribution in [0.25, 0.3) is 0 Å². The average Bonchev–Trinajstić information content (AvgIpc) is 3.49. The number of rotatable bonds is 17. The highest BCUT2D eigenvalue weighted by Crippen LogP contribution is 2.24. The van der Waals surface area contributed by atoms with Crippen LogP contribution in [0.2, 0.25) is 0 Å². The van der Waals surface area contributed by atoms with Gasteiger partial charge in [0.25, 0.3) is 5.91 Å². The first-order chi connectivity index (χ1) is 26.1. The Labute approximate surface area is 325 Å². The molecule has 13 nitrogen and oxygen atoms in total. The largest absolute Gasteiger partial charge is 0.453 e. The van der Waals surface area contributed by atoms with Crippen molar-refractivity contribution in [2.75, 3.05) is 26.7 Å². The first-order valence-electron chi connectivity index (χ1n) is 19.1. The number of pyridine rings is 1. The maximum Gasteiger partial charge on any atom is 0.407 e. The van der Waals surface area contributed by atoms with Crippen molar-refractivity contribution in [1.82, 2.24) is 35.9 Å². The molecule has 1 fully saturated rings. The predicted octanol–water partition coefficient (Wildman–Crippen LogP) is 4.74. The molecule has 4 N–H and O–H groups in total. The molecular formula is C42H59N7O6. The van der Waals surface area contributed by atoms with Gasteiger partial charge in [-0.25, -0.2) is 14.6 Å². The summed E-state index contributed by atoms with van der Waals surface area (Å²) < 4.78 is 4.80. The van der Waals surface area contributed by atoms with Gasteiger partial charge in [0.05, 0.1) is 31.5 Å². The van der Waals surface area contributed by atoms with Crippen molar-refractivity contribution in [2.24, 2.45) is 11.3 Å². The van der Waals surface area contributed by atoms with E-state index in [9.17, 15) is 24.3 Å². The third kappa shape index (κ3) is 12.2. The van der Waals surface area contributed by atoms with Gasteiger partial charge in [0.1, 0.15) is 12.1 Å². The highest BCUT2D eigenvalue weighted by molar-refractivity contribution is 5.88. The third-order valence-electron chi connectivity index (χ3n) is 10.0. The van der Waals surface area contributed by atoms with Gasteiger partial charge in [0.2, 0.25) is 5.91 Å². The number of carbonyl (C=O) groups excluding carboxylic acids is 4. The summed E-state index contributed by atoms with van der Waals surface area (Å²) in [6, 6.07) is 20.3. The van der Waals surface area contributed by atoms with Crippen molar-refractivity contribution in [2.45, 2.75) is 98.6 Å². The standard InChI is InChI=1S/C42H59N7O6/c1-9-29(3)36(49-23-22-47(41(49)54)26-33-17-13-14-30(4)43-33)38(51)44-34(24-31-15-11-10-12-16-31)35(50)27-48(25-32-20-18-28(2)19-21-32)46-39(52)37(42(5,6)7)45-40(53)55-8/h10-21,29,34-37,50H,9,22-27H2,1-8H3,(H,44,51)(H,45,53)(H,46,52). The number of urea groups is 1. The molecule has 5 atom stereocenters. The summed E-state index contributed by atoms with van der Waals surface area (Å²) in [5, 5.41) is 19.4. The number of nitrogens with one attached hydrogen (secondary N) is 3. The van der Waals surface area contributed by atoms with Crippen LogP contribution in [-0.4, -0.2) is 99.8 Å². The van der Waals surface area contributed by atoms with E-state index in [1.54, 1.807) is 14.8 Å². The molecule has 0 spiro atoms. The van der Waals surface area contributed by atoms with Crippen LogP contribution in [-0.2, 0) is 33.8 Å². The molecule has 13 heteroatoms. The van der Waals surface area contributed by atoms with E-state index in [4.69, 9.17) is 4.74 Å². The number of aromatic nitrogens is 1. The van der Waals surface area contributed by atoms with Gasteiger partial charge in [-0.3, -0.25) is 20.0 Å². The molecule has 0 saturated carbocycles. The molecular weight excluding hydrogens is 699 g/mol. The summed E-state index contributed by atoms with van der Waals surface area (Å²) >= 11 is 0. The number of amides is 5. The number of hydrazine groups is 1. The van der Waals surface area contributed by atoms with E-state index in [1.165, 1.54) is 7.11 Å². The minimum Gasteiger partial charge on any atom is -0.453 e. The number of benzene rings is 2. The normalized spacial score (nSPS) is 15.9. The molecule has 2 aromatic carbocycles. The molecule has 1 saturated heterocycles. The van der Waals surface area contributed by atoms with Crippen molar-refractivity contribution >= 4 is 23.9 Å². The van der Waals surface area contributed by atoms with E-state index >= 15 is 0 Å². The molecule has 298 valence electrons. The second kappa shape index (κ2) is 19.5. The Bertz CT molecular complexity index is 1730.